The molecule has 9 heteroatoms. The first-order valence-corrected chi connectivity index (χ1v) is 14.7. The normalized spacial score (nSPS) is 11.1. The average Bonchev–Trinajstić information content (AvgIpc) is 3.44. The number of amides is 3. The fourth-order valence-electron chi connectivity index (χ4n) is 4.32. The van der Waals surface area contributed by atoms with Crippen LogP contribution in [0.3, 0.4) is 0 Å². The molecule has 5 aromatic rings. The monoisotopic (exact) mass is 590 g/mol. The van der Waals surface area contributed by atoms with Crippen molar-refractivity contribution in [2.75, 3.05) is 23.0 Å². The van der Waals surface area contributed by atoms with E-state index in [1.54, 1.807) is 66.9 Å². The lowest BCUT2D eigenvalue weighted by molar-refractivity contribution is -0.114. The average molecular weight is 591 g/mol. The summed E-state index contributed by atoms with van der Waals surface area (Å²) in [4.78, 5) is 43.0. The van der Waals surface area contributed by atoms with Crippen LogP contribution >= 0.6 is 11.8 Å². The maximum atomic E-state index is 13.5. The first-order chi connectivity index (χ1) is 21.0. The van der Waals surface area contributed by atoms with Crippen molar-refractivity contribution in [1.82, 2.24) is 10.3 Å². The number of carbonyl (C=O) groups is 3. The van der Waals surface area contributed by atoms with Gasteiger partial charge in [0.25, 0.3) is 11.8 Å². The summed E-state index contributed by atoms with van der Waals surface area (Å²) in [6.07, 6.45) is 3.45. The summed E-state index contributed by atoms with van der Waals surface area (Å²) in [5.41, 5.74) is 3.41. The molecular weight excluding hydrogens is 560 g/mol. The minimum absolute atomic E-state index is 0.0893. The second-order valence-electron chi connectivity index (χ2n) is 9.44. The van der Waals surface area contributed by atoms with Gasteiger partial charge >= 0.3 is 0 Å². The number of hydrogen-bond acceptors (Lipinski definition) is 5. The number of para-hydroxylation sites is 1. The van der Waals surface area contributed by atoms with E-state index in [4.69, 9.17) is 4.74 Å². The zero-order valence-corrected chi connectivity index (χ0v) is 24.2. The van der Waals surface area contributed by atoms with E-state index in [-0.39, 0.29) is 17.4 Å². The Balaban J connectivity index is 1.27. The molecule has 0 aliphatic heterocycles. The van der Waals surface area contributed by atoms with Crippen LogP contribution in [-0.2, 0) is 9.59 Å². The van der Waals surface area contributed by atoms with Crippen LogP contribution in [0, 0.1) is 0 Å². The maximum absolute atomic E-state index is 13.5. The van der Waals surface area contributed by atoms with Crippen molar-refractivity contribution in [3.63, 3.8) is 0 Å². The molecule has 43 heavy (non-hydrogen) atoms. The molecule has 0 radical (unpaired) electrons. The zero-order valence-electron chi connectivity index (χ0n) is 23.4. The third-order valence-electron chi connectivity index (χ3n) is 6.36. The van der Waals surface area contributed by atoms with Crippen LogP contribution in [0.4, 0.5) is 11.4 Å². The highest BCUT2D eigenvalue weighted by molar-refractivity contribution is 8.00. The Bertz CT molecular complexity index is 1760. The second-order valence-corrected chi connectivity index (χ2v) is 10.5. The van der Waals surface area contributed by atoms with Crippen LogP contribution in [0.1, 0.15) is 22.8 Å². The summed E-state index contributed by atoms with van der Waals surface area (Å²) in [7, 11) is 0. The Morgan fingerprint density at radius 2 is 1.60 bits per heavy atom. The molecule has 0 unspecified atom stereocenters. The summed E-state index contributed by atoms with van der Waals surface area (Å²) in [6, 6.07) is 30.8. The molecular formula is C34H30N4O4S. The third-order valence-corrected chi connectivity index (χ3v) is 7.35. The van der Waals surface area contributed by atoms with Crippen molar-refractivity contribution < 1.29 is 19.1 Å². The Kier molecular flexibility index (Phi) is 9.56. The molecule has 0 atom stereocenters. The largest absolute Gasteiger partial charge is 0.494 e. The van der Waals surface area contributed by atoms with Crippen molar-refractivity contribution in [2.24, 2.45) is 0 Å². The fraction of sp³-hybridized carbons (Fsp3) is 0.0882. The molecule has 4 N–H and O–H groups in total. The van der Waals surface area contributed by atoms with Gasteiger partial charge in [-0.2, -0.15) is 0 Å². The van der Waals surface area contributed by atoms with Crippen LogP contribution in [-0.4, -0.2) is 35.1 Å². The van der Waals surface area contributed by atoms with Gasteiger partial charge in [-0.15, -0.1) is 11.8 Å². The zero-order chi connectivity index (χ0) is 30.0. The molecule has 0 aliphatic carbocycles. The molecule has 0 fully saturated rings. The number of fused-ring (bicyclic) bond motifs is 1. The predicted molar refractivity (Wildman–Crippen MR) is 172 cm³/mol. The van der Waals surface area contributed by atoms with Crippen molar-refractivity contribution in [1.29, 1.82) is 0 Å². The molecule has 1 heterocycles. The van der Waals surface area contributed by atoms with E-state index in [0.29, 0.717) is 23.5 Å². The SMILES string of the molecule is CCOc1ccc(NC(=O)CSc2cccc(NC(=O)/C(=C/c3c[nH]c4ccccc34)NC(=O)c3ccccc3)c2)cc1. The lowest BCUT2D eigenvalue weighted by Gasteiger charge is -2.12. The highest BCUT2D eigenvalue weighted by Crippen LogP contribution is 2.24. The number of anilines is 2. The molecule has 0 spiro atoms. The number of aromatic nitrogens is 1. The van der Waals surface area contributed by atoms with Gasteiger partial charge in [0.15, 0.2) is 0 Å². The summed E-state index contributed by atoms with van der Waals surface area (Å²) in [5, 5.41) is 9.45. The predicted octanol–water partition coefficient (Wildman–Crippen LogP) is 6.71. The molecule has 5 rings (SSSR count). The Morgan fingerprint density at radius 3 is 2.40 bits per heavy atom. The van der Waals surface area contributed by atoms with Gasteiger partial charge in [0.2, 0.25) is 5.91 Å². The molecule has 0 saturated heterocycles. The quantitative estimate of drug-likeness (QED) is 0.101. The molecule has 0 bridgehead atoms. The van der Waals surface area contributed by atoms with Crippen LogP contribution in [0.2, 0.25) is 0 Å². The Morgan fingerprint density at radius 1 is 0.837 bits per heavy atom. The van der Waals surface area contributed by atoms with Gasteiger partial charge in [-0.05, 0) is 73.7 Å². The van der Waals surface area contributed by atoms with Gasteiger partial charge in [-0.3, -0.25) is 14.4 Å². The number of thioether (sulfide) groups is 1. The molecule has 4 aromatic carbocycles. The summed E-state index contributed by atoms with van der Waals surface area (Å²) in [6.45, 7) is 2.49. The van der Waals surface area contributed by atoms with Crippen molar-refractivity contribution in [3.05, 3.63) is 126 Å². The first kappa shape index (κ1) is 29.2. The minimum atomic E-state index is -0.482. The lowest BCUT2D eigenvalue weighted by Crippen LogP contribution is -2.30. The minimum Gasteiger partial charge on any atom is -0.494 e. The van der Waals surface area contributed by atoms with Gasteiger partial charge < -0.3 is 25.7 Å². The van der Waals surface area contributed by atoms with Crippen LogP contribution in [0.5, 0.6) is 5.75 Å². The Labute approximate surface area is 253 Å². The van der Waals surface area contributed by atoms with Gasteiger partial charge in [0.05, 0.1) is 12.4 Å². The number of rotatable bonds is 11. The van der Waals surface area contributed by atoms with Crippen LogP contribution < -0.4 is 20.7 Å². The van der Waals surface area contributed by atoms with Gasteiger partial charge in [-0.1, -0.05) is 42.5 Å². The summed E-state index contributed by atoms with van der Waals surface area (Å²) in [5.74, 6) is -0.109. The van der Waals surface area contributed by atoms with Crippen LogP contribution in [0.25, 0.3) is 17.0 Å². The number of benzene rings is 4. The smallest absolute Gasteiger partial charge is 0.272 e. The van der Waals surface area contributed by atoms with Crippen molar-refractivity contribution >= 4 is 57.8 Å². The summed E-state index contributed by atoms with van der Waals surface area (Å²) >= 11 is 1.35. The molecule has 3 amide bonds. The third kappa shape index (κ3) is 7.93. The second kappa shape index (κ2) is 14.1. The van der Waals surface area contributed by atoms with E-state index in [0.717, 1.165) is 27.1 Å². The number of hydrogen-bond donors (Lipinski definition) is 4. The van der Waals surface area contributed by atoms with E-state index < -0.39 is 11.8 Å². The number of H-pyrrole nitrogens is 1. The highest BCUT2D eigenvalue weighted by Gasteiger charge is 2.16. The molecule has 1 aromatic heterocycles. The van der Waals surface area contributed by atoms with Crippen molar-refractivity contribution in [2.45, 2.75) is 11.8 Å². The summed E-state index contributed by atoms with van der Waals surface area (Å²) < 4.78 is 5.43. The number of nitrogens with one attached hydrogen (secondary N) is 4. The van der Waals surface area contributed by atoms with E-state index in [1.165, 1.54) is 11.8 Å². The number of carbonyl (C=O) groups excluding carboxylic acids is 3. The van der Waals surface area contributed by atoms with E-state index in [9.17, 15) is 14.4 Å². The van der Waals surface area contributed by atoms with Gasteiger partial charge in [0, 0.05) is 44.5 Å². The highest BCUT2D eigenvalue weighted by atomic mass is 32.2. The molecule has 0 saturated carbocycles. The van der Waals surface area contributed by atoms with E-state index >= 15 is 0 Å². The topological polar surface area (TPSA) is 112 Å². The number of ether oxygens (including phenoxy) is 1. The Hall–Kier alpha value is -5.28. The molecule has 216 valence electrons. The lowest BCUT2D eigenvalue weighted by atomic mass is 10.1. The van der Waals surface area contributed by atoms with E-state index in [2.05, 4.69) is 20.9 Å². The number of aromatic amines is 1. The van der Waals surface area contributed by atoms with Gasteiger partial charge in [0.1, 0.15) is 11.4 Å². The van der Waals surface area contributed by atoms with E-state index in [1.807, 2.05) is 55.5 Å². The van der Waals surface area contributed by atoms with Crippen LogP contribution in [0.15, 0.2) is 120 Å². The molecule has 0 aliphatic rings. The molecule has 8 nitrogen and oxygen atoms in total. The van der Waals surface area contributed by atoms with Gasteiger partial charge in [-0.25, -0.2) is 0 Å². The fourth-order valence-corrected chi connectivity index (χ4v) is 5.08. The van der Waals surface area contributed by atoms with Crippen molar-refractivity contribution in [3.8, 4) is 5.75 Å². The first-order valence-electron chi connectivity index (χ1n) is 13.7. The standard InChI is InChI=1S/C34H30N4O4S/c1-2-42-27-17-15-25(16-18-27)36-32(39)22-43-28-12-8-11-26(20-28)37-34(41)31(38-33(40)23-9-4-3-5-10-23)19-24-21-35-30-14-7-6-13-29(24)30/h3-21,35H,2,22H2,1H3,(H,36,39)(H,37,41)(H,38,40)/b31-19-. The maximum Gasteiger partial charge on any atom is 0.272 e.